The van der Waals surface area contributed by atoms with Gasteiger partial charge < -0.3 is 9.80 Å². The van der Waals surface area contributed by atoms with Crippen LogP contribution in [0.1, 0.15) is 36.0 Å². The van der Waals surface area contributed by atoms with Crippen molar-refractivity contribution in [2.45, 2.75) is 5.41 Å². The smallest absolute Gasteiger partial charge is 0.252 e. The van der Waals surface area contributed by atoms with Crippen LogP contribution in [0.5, 0.6) is 0 Å². The topological polar surface area (TPSA) is 45.2 Å². The van der Waals surface area contributed by atoms with Gasteiger partial charge >= 0.3 is 0 Å². The molecule has 0 saturated carbocycles. The summed E-state index contributed by atoms with van der Waals surface area (Å²) in [5, 5.41) is 0. The maximum atomic E-state index is 9.03. The molecule has 10 aromatic carbocycles. The summed E-state index contributed by atoms with van der Waals surface area (Å²) in [6, 6.07) is 58.0. The maximum Gasteiger partial charge on any atom is 0.252 e. The molecule has 0 fully saturated rings. The van der Waals surface area contributed by atoms with Crippen molar-refractivity contribution in [1.82, 2.24) is 15.0 Å². The highest BCUT2D eigenvalue weighted by molar-refractivity contribution is 7.00. The second-order valence-electron chi connectivity index (χ2n) is 17.9. The Labute approximate surface area is 420 Å². The van der Waals surface area contributed by atoms with Crippen molar-refractivity contribution in [2.75, 3.05) is 9.80 Å². The quantitative estimate of drug-likeness (QED) is 0.161. The van der Waals surface area contributed by atoms with Crippen molar-refractivity contribution in [1.29, 1.82) is 0 Å². The lowest BCUT2D eigenvalue weighted by molar-refractivity contribution is 0.794. The fourth-order valence-corrected chi connectivity index (χ4v) is 11.9. The SMILES string of the molecule is [2H]c1c([2H])c([2H])c(-c2nc(-c3cccc4c3-c3ccccc3C43c4ccccc4-c4cc5c(cc43)N(c3ccccc3)c3cccc4c3B5c3ccccc3N4c3ccccc3)nc(-c3c([2H])c([2H])c([2H])c([2H])c3[2H])n2)c([2H])c1[2H]. The van der Waals surface area contributed by atoms with E-state index < -0.39 is 65.8 Å². The Morgan fingerprint density at radius 2 is 0.871 bits per heavy atom. The number of aromatic nitrogens is 3. The molecule has 5 nitrogen and oxygen atoms in total. The third-order valence-corrected chi connectivity index (χ3v) is 14.5. The zero-order valence-electron chi connectivity index (χ0n) is 47.1. The normalized spacial score (nSPS) is 17.1. The lowest BCUT2D eigenvalue weighted by Gasteiger charge is -2.44. The first kappa shape index (κ1) is 30.3. The molecule has 0 amide bonds. The zero-order chi connectivity index (χ0) is 54.6. The van der Waals surface area contributed by atoms with E-state index >= 15 is 0 Å². The third-order valence-electron chi connectivity index (χ3n) is 14.5. The monoisotopic (exact) mass is 899 g/mol. The molecule has 1 aromatic heterocycles. The first-order chi connectivity index (χ1) is 38.9. The molecule has 324 valence electrons. The van der Waals surface area contributed by atoms with Crippen LogP contribution in [-0.4, -0.2) is 21.7 Å². The summed E-state index contributed by atoms with van der Waals surface area (Å²) in [7, 11) is 0. The first-order valence-corrected chi connectivity index (χ1v) is 23.2. The molecule has 0 N–H and O–H groups in total. The van der Waals surface area contributed by atoms with Crippen LogP contribution in [0.15, 0.2) is 242 Å². The molecule has 0 radical (unpaired) electrons. The average Bonchev–Trinajstić information content (AvgIpc) is 2.99. The predicted octanol–water partition coefficient (Wildman–Crippen LogP) is 13.3. The highest BCUT2D eigenvalue weighted by Crippen LogP contribution is 2.64. The maximum absolute atomic E-state index is 9.03. The van der Waals surface area contributed by atoms with E-state index in [0.717, 1.165) is 84.1 Å². The molecule has 0 saturated heterocycles. The molecule has 11 aromatic rings. The number of anilines is 6. The van der Waals surface area contributed by atoms with Gasteiger partial charge in [-0.1, -0.05) is 194 Å². The van der Waals surface area contributed by atoms with Crippen LogP contribution in [-0.2, 0) is 5.41 Å². The number of para-hydroxylation sites is 3. The van der Waals surface area contributed by atoms with Gasteiger partial charge in [-0.05, 0) is 109 Å². The highest BCUT2D eigenvalue weighted by atomic mass is 15.2. The number of rotatable bonds is 5. The van der Waals surface area contributed by atoms with Crippen molar-refractivity contribution >= 4 is 57.2 Å². The number of benzene rings is 10. The van der Waals surface area contributed by atoms with Gasteiger partial charge in [0.15, 0.2) is 17.5 Å². The lowest BCUT2D eigenvalue weighted by atomic mass is 9.33. The molecule has 70 heavy (non-hydrogen) atoms. The van der Waals surface area contributed by atoms with E-state index in [4.69, 9.17) is 23.7 Å². The van der Waals surface area contributed by atoms with Gasteiger partial charge in [0.1, 0.15) is 0 Å². The van der Waals surface area contributed by atoms with Crippen LogP contribution in [0.25, 0.3) is 56.4 Å². The minimum absolute atomic E-state index is 0.00689. The lowest BCUT2D eigenvalue weighted by Crippen LogP contribution is -2.61. The van der Waals surface area contributed by atoms with Gasteiger partial charge in [-0.25, -0.2) is 15.0 Å². The van der Waals surface area contributed by atoms with Crippen LogP contribution >= 0.6 is 0 Å². The Kier molecular flexibility index (Phi) is 6.46. The Bertz CT molecular complexity index is 4400. The molecule has 0 bridgehead atoms. The summed E-state index contributed by atoms with van der Waals surface area (Å²) in [6.45, 7) is -0.144. The van der Waals surface area contributed by atoms with Crippen molar-refractivity contribution in [3.05, 3.63) is 265 Å². The van der Waals surface area contributed by atoms with E-state index in [9.17, 15) is 0 Å². The third kappa shape index (κ3) is 5.36. The number of hydrogen-bond acceptors (Lipinski definition) is 5. The molecule has 6 heteroatoms. The number of nitrogens with zero attached hydrogens (tertiary/aromatic N) is 5. The molecule has 15 rings (SSSR count). The fourth-order valence-electron chi connectivity index (χ4n) is 11.9. The van der Waals surface area contributed by atoms with Crippen LogP contribution in [0, 0.1) is 0 Å². The van der Waals surface area contributed by atoms with Crippen molar-refractivity contribution in [3.63, 3.8) is 0 Å². The van der Waals surface area contributed by atoms with E-state index in [1.54, 1.807) is 0 Å². The summed E-state index contributed by atoms with van der Waals surface area (Å²) >= 11 is 0. The van der Waals surface area contributed by atoms with Crippen LogP contribution in [0.4, 0.5) is 34.1 Å². The van der Waals surface area contributed by atoms with Crippen LogP contribution < -0.4 is 26.2 Å². The van der Waals surface area contributed by atoms with Crippen molar-refractivity contribution in [3.8, 4) is 56.4 Å². The minimum atomic E-state index is -0.930. The second-order valence-corrected chi connectivity index (χ2v) is 17.9. The van der Waals surface area contributed by atoms with Crippen molar-refractivity contribution < 1.29 is 13.7 Å². The largest absolute Gasteiger partial charge is 0.311 e. The minimum Gasteiger partial charge on any atom is -0.311 e. The average molecular weight is 900 g/mol. The molecular formula is C64H40BN5. The summed E-state index contributed by atoms with van der Waals surface area (Å²) in [5.41, 5.74) is 16.7. The standard InChI is InChI=1S/C64H40BN5/c1-5-21-41(22-6-1)61-66-62(42-23-7-2-8-24-42)68-63(67-61)47-31-19-34-51-59(47)46-30-14-16-33-50(46)64(51)49-32-15-13-29-45(49)48-39-54-58(40-52(48)64)70(44-27-11-4-12-28-44)57-38-20-37-56-60(57)65(54)53-35-17-18-36-55(53)69(56)43-25-9-3-10-26-43/h1-40H/i1D,2D,5D,6D,7D,8D,21D,22D,23D,24D. The molecule has 2 aliphatic carbocycles. The van der Waals surface area contributed by atoms with E-state index in [-0.39, 0.29) is 35.3 Å². The van der Waals surface area contributed by atoms with E-state index in [1.165, 1.54) is 10.9 Å². The molecule has 4 aliphatic rings. The van der Waals surface area contributed by atoms with Gasteiger partial charge in [0.2, 0.25) is 0 Å². The summed E-state index contributed by atoms with van der Waals surface area (Å²) in [6.07, 6.45) is 0. The van der Waals surface area contributed by atoms with E-state index in [1.807, 2.05) is 36.4 Å². The Morgan fingerprint density at radius 3 is 1.54 bits per heavy atom. The Morgan fingerprint density at radius 1 is 0.371 bits per heavy atom. The Hall–Kier alpha value is -9.13. The number of hydrogen-bond donors (Lipinski definition) is 0. The zero-order valence-corrected chi connectivity index (χ0v) is 37.1. The van der Waals surface area contributed by atoms with E-state index in [2.05, 4.69) is 160 Å². The second kappa shape index (κ2) is 14.9. The van der Waals surface area contributed by atoms with Crippen LogP contribution in [0.2, 0.25) is 0 Å². The number of fused-ring (bicyclic) bond motifs is 14. The Balaban J connectivity index is 1.02. The summed E-state index contributed by atoms with van der Waals surface area (Å²) < 4.78 is 87.3. The van der Waals surface area contributed by atoms with Gasteiger partial charge in [0.25, 0.3) is 6.71 Å². The van der Waals surface area contributed by atoms with Gasteiger partial charge in [-0.3, -0.25) is 0 Å². The summed E-state index contributed by atoms with van der Waals surface area (Å²) in [4.78, 5) is 19.3. The van der Waals surface area contributed by atoms with Crippen molar-refractivity contribution in [2.24, 2.45) is 0 Å². The van der Waals surface area contributed by atoms with E-state index in [0.29, 0.717) is 5.56 Å². The molecule has 2 aliphatic heterocycles. The van der Waals surface area contributed by atoms with Gasteiger partial charge in [-0.15, -0.1) is 0 Å². The van der Waals surface area contributed by atoms with Gasteiger partial charge in [0.05, 0.1) is 19.1 Å². The highest BCUT2D eigenvalue weighted by Gasteiger charge is 2.54. The van der Waals surface area contributed by atoms with Crippen LogP contribution in [0.3, 0.4) is 0 Å². The fraction of sp³-hybridized carbons (Fsp3) is 0.0156. The molecular weight excluding hydrogens is 850 g/mol. The predicted molar refractivity (Wildman–Crippen MR) is 286 cm³/mol. The molecule has 1 spiro atoms. The molecule has 1 unspecified atom stereocenters. The molecule has 3 heterocycles. The first-order valence-electron chi connectivity index (χ1n) is 28.2. The molecule has 1 atom stereocenters. The van der Waals surface area contributed by atoms with Gasteiger partial charge in [0, 0.05) is 50.8 Å². The summed E-state index contributed by atoms with van der Waals surface area (Å²) in [5.74, 6) is -0.639. The van der Waals surface area contributed by atoms with Gasteiger partial charge in [-0.2, -0.15) is 0 Å².